The van der Waals surface area contributed by atoms with Crippen LogP contribution >= 0.6 is 0 Å². The lowest BCUT2D eigenvalue weighted by molar-refractivity contribution is 0.186. The molecule has 1 aliphatic heterocycles. The van der Waals surface area contributed by atoms with Crippen molar-refractivity contribution in [3.63, 3.8) is 0 Å². The van der Waals surface area contributed by atoms with Crippen LogP contribution in [0.15, 0.2) is 55.5 Å². The first-order valence-electron chi connectivity index (χ1n) is 8.76. The zero-order chi connectivity index (χ0) is 22.8. The number of nitrogens with one attached hydrogen (secondary N) is 1. The maximum atomic E-state index is 12.9. The molecule has 2 aromatic rings. The molecule has 3 rings (SSSR count). The Labute approximate surface area is 178 Å². The van der Waals surface area contributed by atoms with E-state index < -0.39 is 42.5 Å². The molecule has 1 atom stereocenters. The van der Waals surface area contributed by atoms with Crippen LogP contribution in [-0.2, 0) is 20.0 Å². The van der Waals surface area contributed by atoms with E-state index in [9.17, 15) is 21.9 Å². The molecule has 0 amide bonds. The molecule has 0 aliphatic carbocycles. The molecule has 0 saturated heterocycles. The molecule has 15 heteroatoms. The number of anilines is 1. The fraction of sp³-hybridized carbons (Fsp3) is 0.250. The van der Waals surface area contributed by atoms with Gasteiger partial charge in [0.25, 0.3) is 0 Å². The van der Waals surface area contributed by atoms with Crippen molar-refractivity contribution < 1.29 is 21.9 Å². The van der Waals surface area contributed by atoms with Gasteiger partial charge in [0.2, 0.25) is 20.0 Å². The number of rotatable bonds is 8. The molecular formula is C16H20N8O5S2. The summed E-state index contributed by atoms with van der Waals surface area (Å²) in [6, 6.07) is 5.49. The van der Waals surface area contributed by atoms with E-state index in [2.05, 4.69) is 24.9 Å². The van der Waals surface area contributed by atoms with E-state index in [4.69, 9.17) is 16.6 Å². The predicted molar refractivity (Wildman–Crippen MR) is 112 cm³/mol. The van der Waals surface area contributed by atoms with Crippen molar-refractivity contribution in [2.24, 2.45) is 26.1 Å². The first kappa shape index (κ1) is 22.9. The van der Waals surface area contributed by atoms with E-state index in [0.717, 1.165) is 6.07 Å². The number of nitrogen functional groups attached to an aromatic ring is 1. The fourth-order valence-electron chi connectivity index (χ4n) is 2.86. The quantitative estimate of drug-likeness (QED) is 0.313. The number of amidine groups is 1. The maximum absolute atomic E-state index is 12.9. The van der Waals surface area contributed by atoms with Gasteiger partial charge in [-0.3, -0.25) is 0 Å². The average molecular weight is 469 g/mol. The summed E-state index contributed by atoms with van der Waals surface area (Å²) in [5.41, 5.74) is 11.6. The zero-order valence-electron chi connectivity index (χ0n) is 16.0. The second kappa shape index (κ2) is 8.74. The lowest BCUT2D eigenvalue weighted by Crippen LogP contribution is -2.37. The number of pyridine rings is 1. The fourth-order valence-corrected chi connectivity index (χ4v) is 5.53. The van der Waals surface area contributed by atoms with Gasteiger partial charge in [0.1, 0.15) is 15.6 Å². The number of azo groups is 1. The van der Waals surface area contributed by atoms with Gasteiger partial charge in [-0.1, -0.05) is 6.07 Å². The number of benzene rings is 1. The maximum Gasteiger partial charge on any atom is 0.242 e. The first-order valence-corrected chi connectivity index (χ1v) is 11.8. The molecule has 0 radical (unpaired) electrons. The Bertz CT molecular complexity index is 1270. The number of aromatic nitrogens is 1. The van der Waals surface area contributed by atoms with Crippen molar-refractivity contribution in [1.82, 2.24) is 9.71 Å². The molecule has 31 heavy (non-hydrogen) atoms. The monoisotopic (exact) mass is 468 g/mol. The Kier molecular flexibility index (Phi) is 6.44. The molecule has 0 spiro atoms. The summed E-state index contributed by atoms with van der Waals surface area (Å²) < 4.78 is 53.0. The number of nitrogens with two attached hydrogens (primary N) is 3. The highest BCUT2D eigenvalue weighted by Crippen LogP contribution is 2.35. The minimum Gasteiger partial charge on any atom is -0.390 e. The van der Waals surface area contributed by atoms with E-state index in [-0.39, 0.29) is 36.0 Å². The first-order chi connectivity index (χ1) is 14.5. The van der Waals surface area contributed by atoms with Crippen LogP contribution in [0.2, 0.25) is 0 Å². The lowest BCUT2D eigenvalue weighted by Gasteiger charge is -2.18. The average Bonchev–Trinajstić information content (AvgIpc) is 3.25. The molecular weight excluding hydrogens is 448 g/mol. The highest BCUT2D eigenvalue weighted by Gasteiger charge is 2.32. The van der Waals surface area contributed by atoms with Gasteiger partial charge < -0.3 is 16.6 Å². The number of sulfonamides is 2. The lowest BCUT2D eigenvalue weighted by atomic mass is 9.99. The zero-order valence-corrected chi connectivity index (χ0v) is 17.6. The Morgan fingerprint density at radius 2 is 1.94 bits per heavy atom. The smallest absolute Gasteiger partial charge is 0.242 e. The molecule has 0 saturated carbocycles. The summed E-state index contributed by atoms with van der Waals surface area (Å²) >= 11 is 0. The second-order valence-electron chi connectivity index (χ2n) is 6.44. The molecule has 13 nitrogen and oxygen atoms in total. The summed E-state index contributed by atoms with van der Waals surface area (Å²) in [4.78, 5) is 6.59. The molecule has 8 N–H and O–H groups in total. The topological polar surface area (TPSA) is 229 Å². The minimum atomic E-state index is -4.61. The number of aliphatic hydroxyl groups excluding tert-OH is 1. The molecule has 166 valence electrons. The van der Waals surface area contributed by atoms with E-state index in [0.29, 0.717) is 5.56 Å². The summed E-state index contributed by atoms with van der Waals surface area (Å²) in [6.07, 6.45) is 0.239. The number of primary sulfonamides is 1. The Hall–Kier alpha value is -2.82. The third kappa shape index (κ3) is 4.92. The number of aliphatic hydroxyl groups is 1. The number of hydrogen-bond acceptors (Lipinski definition) is 11. The molecule has 0 unspecified atom stereocenters. The van der Waals surface area contributed by atoms with Crippen LogP contribution in [0.5, 0.6) is 0 Å². The molecule has 1 aliphatic rings. The summed E-state index contributed by atoms with van der Waals surface area (Å²) in [6.45, 7) is -0.688. The van der Waals surface area contributed by atoms with Crippen molar-refractivity contribution in [3.8, 4) is 11.1 Å². The molecule has 0 fully saturated rings. The van der Waals surface area contributed by atoms with Gasteiger partial charge in [0, 0.05) is 19.3 Å². The van der Waals surface area contributed by atoms with Crippen LogP contribution in [0.3, 0.4) is 0 Å². The van der Waals surface area contributed by atoms with Crippen molar-refractivity contribution in [2.75, 3.05) is 25.5 Å². The molecule has 1 aromatic heterocycles. The van der Waals surface area contributed by atoms with Crippen LogP contribution in [0, 0.1) is 0 Å². The second-order valence-corrected chi connectivity index (χ2v) is 9.67. The van der Waals surface area contributed by atoms with Gasteiger partial charge >= 0.3 is 0 Å². The van der Waals surface area contributed by atoms with Gasteiger partial charge in [-0.25, -0.2) is 36.7 Å². The highest BCUT2D eigenvalue weighted by molar-refractivity contribution is 7.92. The third-order valence-electron chi connectivity index (χ3n) is 4.24. The van der Waals surface area contributed by atoms with Crippen LogP contribution in [0.4, 0.5) is 5.82 Å². The van der Waals surface area contributed by atoms with Crippen molar-refractivity contribution in [3.05, 3.63) is 36.0 Å². The van der Waals surface area contributed by atoms with Gasteiger partial charge in [-0.05, 0) is 29.3 Å². The van der Waals surface area contributed by atoms with E-state index >= 15 is 0 Å². The Balaban J connectivity index is 2.33. The summed E-state index contributed by atoms with van der Waals surface area (Å²) in [7, 11) is -9.03. The predicted octanol–water partition coefficient (Wildman–Crippen LogP) is -1.25. The largest absolute Gasteiger partial charge is 0.390 e. The van der Waals surface area contributed by atoms with Gasteiger partial charge in [-0.15, -0.1) is 5.11 Å². The molecule has 2 heterocycles. The number of nitrogens with zero attached hydrogens (tertiary/aromatic N) is 4. The summed E-state index contributed by atoms with van der Waals surface area (Å²) in [5.74, 6) is 0.0539. The molecule has 0 bridgehead atoms. The van der Waals surface area contributed by atoms with Crippen LogP contribution in [0.25, 0.3) is 11.1 Å². The van der Waals surface area contributed by atoms with Crippen molar-refractivity contribution >= 4 is 31.7 Å². The molecule has 1 aromatic carbocycles. The third-order valence-corrected chi connectivity index (χ3v) is 6.83. The van der Waals surface area contributed by atoms with E-state index in [1.807, 2.05) is 0 Å². The van der Waals surface area contributed by atoms with E-state index in [1.54, 1.807) is 6.07 Å². The van der Waals surface area contributed by atoms with Crippen LogP contribution in [-0.4, -0.2) is 58.6 Å². The SMILES string of the molecule is NC[C@@H](O)CNS(=O)(=O)c1ccc(-c2ccnc(N)c2)c(C2=NCN=N2)c1S(N)(=O)=O. The number of hydrogen-bond donors (Lipinski definition) is 5. The van der Waals surface area contributed by atoms with Crippen molar-refractivity contribution in [2.45, 2.75) is 15.9 Å². The minimum absolute atomic E-state index is 0.0603. The van der Waals surface area contributed by atoms with Gasteiger partial charge in [0.15, 0.2) is 12.5 Å². The van der Waals surface area contributed by atoms with E-state index in [1.165, 1.54) is 18.3 Å². The Morgan fingerprint density at radius 3 is 2.52 bits per heavy atom. The normalized spacial score (nSPS) is 15.1. The highest BCUT2D eigenvalue weighted by atomic mass is 32.2. The summed E-state index contributed by atoms with van der Waals surface area (Å²) in [5, 5.41) is 22.6. The van der Waals surface area contributed by atoms with Crippen LogP contribution < -0.4 is 21.3 Å². The van der Waals surface area contributed by atoms with Gasteiger partial charge in [0.05, 0.1) is 11.7 Å². The van der Waals surface area contributed by atoms with Crippen molar-refractivity contribution in [1.29, 1.82) is 0 Å². The number of aliphatic imine (C=N–C) groups is 1. The van der Waals surface area contributed by atoms with Crippen LogP contribution in [0.1, 0.15) is 5.56 Å². The standard InChI is InChI=1S/C16H20N8O5S2/c17-6-10(25)7-23-31(28,29)12-2-1-11(9-3-4-20-13(18)5-9)14(15(12)30(19,26)27)16-21-8-22-24-16/h1-5,10,23,25H,6-8,17H2,(H2,18,20)(H2,19,26,27)/t10-/m1/s1. The van der Waals surface area contributed by atoms with Gasteiger partial charge in [-0.2, -0.15) is 5.11 Å². The Morgan fingerprint density at radius 1 is 1.19 bits per heavy atom.